The second-order valence-electron chi connectivity index (χ2n) is 5.15. The molecule has 4 nitrogen and oxygen atoms in total. The predicted molar refractivity (Wildman–Crippen MR) is 76.3 cm³/mol. The Balaban J connectivity index is 2.05. The molecule has 1 aromatic carbocycles. The Morgan fingerprint density at radius 1 is 1.37 bits per heavy atom. The lowest BCUT2D eigenvalue weighted by molar-refractivity contribution is 0.0957. The van der Waals surface area contributed by atoms with Gasteiger partial charge in [-0.25, -0.2) is 0 Å². The first kappa shape index (κ1) is 13.7. The summed E-state index contributed by atoms with van der Waals surface area (Å²) >= 11 is 0. The molecule has 0 aromatic heterocycles. The highest BCUT2D eigenvalue weighted by Gasteiger charge is 2.16. The third-order valence-corrected chi connectivity index (χ3v) is 3.68. The molecular formula is C15H22N2O2. The average Bonchev–Trinajstić information content (AvgIpc) is 2.45. The molecule has 0 heterocycles. The van der Waals surface area contributed by atoms with Gasteiger partial charge in [0.05, 0.1) is 12.2 Å². The Hall–Kier alpha value is -1.71. The van der Waals surface area contributed by atoms with Crippen molar-refractivity contribution in [2.75, 3.05) is 19.4 Å². The molecule has 1 amide bonds. The van der Waals surface area contributed by atoms with Crippen LogP contribution >= 0.6 is 0 Å². The van der Waals surface area contributed by atoms with Crippen molar-refractivity contribution in [1.82, 2.24) is 5.32 Å². The van der Waals surface area contributed by atoms with Crippen molar-refractivity contribution in [2.45, 2.75) is 32.1 Å². The van der Waals surface area contributed by atoms with Gasteiger partial charge in [-0.3, -0.25) is 4.79 Å². The molecule has 0 saturated heterocycles. The molecular weight excluding hydrogens is 240 g/mol. The van der Waals surface area contributed by atoms with Gasteiger partial charge < -0.3 is 15.8 Å². The van der Waals surface area contributed by atoms with Crippen LogP contribution in [0.3, 0.4) is 0 Å². The number of carbonyl (C=O) groups excluding carboxylic acids is 1. The summed E-state index contributed by atoms with van der Waals surface area (Å²) in [5.41, 5.74) is 6.93. The number of hydrogen-bond donors (Lipinski definition) is 2. The van der Waals surface area contributed by atoms with Gasteiger partial charge in [0.15, 0.2) is 0 Å². The van der Waals surface area contributed by atoms with E-state index in [1.165, 1.54) is 32.1 Å². The molecule has 0 atom stereocenters. The maximum absolute atomic E-state index is 11.8. The molecule has 1 saturated carbocycles. The van der Waals surface area contributed by atoms with E-state index < -0.39 is 0 Å². The number of nitrogens with two attached hydrogens (primary N) is 1. The molecule has 2 rings (SSSR count). The molecule has 0 aliphatic heterocycles. The highest BCUT2D eigenvalue weighted by Crippen LogP contribution is 2.27. The van der Waals surface area contributed by atoms with E-state index in [0.29, 0.717) is 29.5 Å². The third kappa shape index (κ3) is 3.63. The Morgan fingerprint density at radius 2 is 2.11 bits per heavy atom. The third-order valence-electron chi connectivity index (χ3n) is 3.68. The molecule has 4 heteroatoms. The molecule has 3 N–H and O–H groups in total. The first-order chi connectivity index (χ1) is 9.20. The topological polar surface area (TPSA) is 64.4 Å². The molecule has 1 aromatic rings. The minimum Gasteiger partial charge on any atom is -0.492 e. The normalized spacial score (nSPS) is 16.1. The van der Waals surface area contributed by atoms with E-state index >= 15 is 0 Å². The number of ether oxygens (including phenoxy) is 1. The first-order valence-electron chi connectivity index (χ1n) is 6.95. The molecule has 19 heavy (non-hydrogen) atoms. The molecule has 0 radical (unpaired) electrons. The van der Waals surface area contributed by atoms with Gasteiger partial charge in [-0.15, -0.1) is 0 Å². The van der Waals surface area contributed by atoms with E-state index in [0.717, 1.165) is 0 Å². The van der Waals surface area contributed by atoms with Gasteiger partial charge in [-0.2, -0.15) is 0 Å². The highest BCUT2D eigenvalue weighted by atomic mass is 16.5. The number of nitrogens with one attached hydrogen (secondary N) is 1. The summed E-state index contributed by atoms with van der Waals surface area (Å²) in [5, 5.41) is 2.62. The zero-order valence-electron chi connectivity index (χ0n) is 11.4. The summed E-state index contributed by atoms with van der Waals surface area (Å²) in [4.78, 5) is 11.8. The van der Waals surface area contributed by atoms with Crippen LogP contribution in [0.5, 0.6) is 5.75 Å². The smallest absolute Gasteiger partial charge is 0.254 e. The van der Waals surface area contributed by atoms with Crippen LogP contribution in [0.4, 0.5) is 5.69 Å². The van der Waals surface area contributed by atoms with E-state index in [9.17, 15) is 4.79 Å². The fourth-order valence-electron chi connectivity index (χ4n) is 2.54. The zero-order chi connectivity index (χ0) is 13.7. The Morgan fingerprint density at radius 3 is 2.79 bits per heavy atom. The average molecular weight is 262 g/mol. The predicted octanol–water partition coefficient (Wildman–Crippen LogP) is 2.59. The van der Waals surface area contributed by atoms with Crippen molar-refractivity contribution < 1.29 is 9.53 Å². The van der Waals surface area contributed by atoms with Crippen LogP contribution in [0, 0.1) is 5.92 Å². The van der Waals surface area contributed by atoms with Gasteiger partial charge in [0.1, 0.15) is 5.75 Å². The standard InChI is InChI=1S/C15H22N2O2/c1-17-15(18)13-8-7-12(16)9-14(13)19-10-11-5-3-2-4-6-11/h7-9,11H,2-6,10,16H2,1H3,(H,17,18). The van der Waals surface area contributed by atoms with Gasteiger partial charge in [-0.05, 0) is 30.9 Å². The molecule has 0 spiro atoms. The molecule has 1 aliphatic carbocycles. The van der Waals surface area contributed by atoms with Crippen molar-refractivity contribution in [3.63, 3.8) is 0 Å². The summed E-state index contributed by atoms with van der Waals surface area (Å²) in [6, 6.07) is 5.16. The number of carbonyl (C=O) groups is 1. The summed E-state index contributed by atoms with van der Waals surface area (Å²) in [7, 11) is 1.61. The summed E-state index contributed by atoms with van der Waals surface area (Å²) in [6.07, 6.45) is 6.34. The molecule has 104 valence electrons. The molecule has 1 fully saturated rings. The monoisotopic (exact) mass is 262 g/mol. The zero-order valence-corrected chi connectivity index (χ0v) is 11.4. The fraction of sp³-hybridized carbons (Fsp3) is 0.533. The SMILES string of the molecule is CNC(=O)c1ccc(N)cc1OCC1CCCCC1. The second-order valence-corrected chi connectivity index (χ2v) is 5.15. The second kappa shape index (κ2) is 6.45. The number of amides is 1. The van der Waals surface area contributed by atoms with Gasteiger partial charge in [0, 0.05) is 18.8 Å². The van der Waals surface area contributed by atoms with Gasteiger partial charge in [0.25, 0.3) is 5.91 Å². The Kier molecular flexibility index (Phi) is 4.66. The van der Waals surface area contributed by atoms with Gasteiger partial charge in [0.2, 0.25) is 0 Å². The van der Waals surface area contributed by atoms with Crippen molar-refractivity contribution in [1.29, 1.82) is 0 Å². The quantitative estimate of drug-likeness (QED) is 0.820. The van der Waals surface area contributed by atoms with Gasteiger partial charge in [-0.1, -0.05) is 19.3 Å². The number of rotatable bonds is 4. The number of nitrogen functional groups attached to an aromatic ring is 1. The molecule has 1 aliphatic rings. The Bertz CT molecular complexity index is 440. The van der Waals surface area contributed by atoms with Crippen LogP contribution in [0.2, 0.25) is 0 Å². The van der Waals surface area contributed by atoms with Crippen LogP contribution in [-0.4, -0.2) is 19.6 Å². The van der Waals surface area contributed by atoms with Crippen molar-refractivity contribution in [3.05, 3.63) is 23.8 Å². The number of anilines is 1. The largest absolute Gasteiger partial charge is 0.492 e. The minimum atomic E-state index is -0.140. The lowest BCUT2D eigenvalue weighted by Gasteiger charge is -2.22. The lowest BCUT2D eigenvalue weighted by Crippen LogP contribution is -2.21. The Labute approximate surface area is 114 Å². The minimum absolute atomic E-state index is 0.140. The lowest BCUT2D eigenvalue weighted by atomic mass is 9.90. The van der Waals surface area contributed by atoms with E-state index in [-0.39, 0.29) is 5.91 Å². The van der Waals surface area contributed by atoms with E-state index in [1.807, 2.05) is 0 Å². The summed E-state index contributed by atoms with van der Waals surface area (Å²) in [5.74, 6) is 1.05. The highest BCUT2D eigenvalue weighted by molar-refractivity contribution is 5.97. The van der Waals surface area contributed by atoms with Crippen LogP contribution in [0.15, 0.2) is 18.2 Å². The maximum Gasteiger partial charge on any atom is 0.254 e. The molecule has 0 bridgehead atoms. The van der Waals surface area contributed by atoms with Crippen molar-refractivity contribution >= 4 is 11.6 Å². The maximum atomic E-state index is 11.8. The van der Waals surface area contributed by atoms with Crippen LogP contribution in [-0.2, 0) is 0 Å². The van der Waals surface area contributed by atoms with Crippen LogP contribution in [0.1, 0.15) is 42.5 Å². The van der Waals surface area contributed by atoms with E-state index in [4.69, 9.17) is 10.5 Å². The van der Waals surface area contributed by atoms with E-state index in [1.54, 1.807) is 25.2 Å². The molecule has 0 unspecified atom stereocenters. The number of hydrogen-bond acceptors (Lipinski definition) is 3. The summed E-state index contributed by atoms with van der Waals surface area (Å²) < 4.78 is 5.84. The van der Waals surface area contributed by atoms with E-state index in [2.05, 4.69) is 5.32 Å². The van der Waals surface area contributed by atoms with Crippen molar-refractivity contribution in [3.8, 4) is 5.75 Å². The number of benzene rings is 1. The fourth-order valence-corrected chi connectivity index (χ4v) is 2.54. The van der Waals surface area contributed by atoms with Crippen molar-refractivity contribution in [2.24, 2.45) is 5.92 Å². The van der Waals surface area contributed by atoms with Crippen LogP contribution in [0.25, 0.3) is 0 Å². The summed E-state index contributed by atoms with van der Waals surface area (Å²) in [6.45, 7) is 0.674. The first-order valence-corrected chi connectivity index (χ1v) is 6.95. The van der Waals surface area contributed by atoms with Crippen LogP contribution < -0.4 is 15.8 Å². The van der Waals surface area contributed by atoms with Gasteiger partial charge >= 0.3 is 0 Å².